The Morgan fingerprint density at radius 2 is 1.96 bits per heavy atom. The fraction of sp³-hybridized carbons (Fsp3) is 0.300. The Kier molecular flexibility index (Phi) is 5.80. The van der Waals surface area contributed by atoms with Gasteiger partial charge in [0, 0.05) is 17.5 Å². The highest BCUT2D eigenvalue weighted by molar-refractivity contribution is 5.95. The summed E-state index contributed by atoms with van der Waals surface area (Å²) in [7, 11) is 2.76. The lowest BCUT2D eigenvalue weighted by Crippen LogP contribution is -2.32. The Bertz CT molecular complexity index is 835. The fourth-order valence-electron chi connectivity index (χ4n) is 2.86. The van der Waals surface area contributed by atoms with Crippen LogP contribution in [-0.4, -0.2) is 39.3 Å². The third-order valence-electron chi connectivity index (χ3n) is 4.26. The molecular formula is C20H21NO6. The summed E-state index contributed by atoms with van der Waals surface area (Å²) in [5.41, 5.74) is 1.35. The Balaban J connectivity index is 1.76. The predicted molar refractivity (Wildman–Crippen MR) is 97.3 cm³/mol. The van der Waals surface area contributed by atoms with E-state index in [1.165, 1.54) is 14.2 Å². The third kappa shape index (κ3) is 4.31. The summed E-state index contributed by atoms with van der Waals surface area (Å²) in [4.78, 5) is 24.0. The molecule has 7 heteroatoms. The molecule has 3 rings (SSSR count). The molecular weight excluding hydrogens is 350 g/mol. The van der Waals surface area contributed by atoms with Crippen molar-refractivity contribution >= 4 is 11.9 Å². The maximum absolute atomic E-state index is 12.7. The molecule has 0 saturated heterocycles. The summed E-state index contributed by atoms with van der Waals surface area (Å²) in [6.45, 7) is 0.267. The number of benzene rings is 2. The highest BCUT2D eigenvalue weighted by Gasteiger charge is 2.23. The van der Waals surface area contributed by atoms with Crippen LogP contribution in [0.1, 0.15) is 28.4 Å². The van der Waals surface area contributed by atoms with Crippen molar-refractivity contribution in [1.29, 1.82) is 0 Å². The monoisotopic (exact) mass is 371 g/mol. The summed E-state index contributed by atoms with van der Waals surface area (Å²) >= 11 is 0. The van der Waals surface area contributed by atoms with E-state index in [0.29, 0.717) is 30.1 Å². The predicted octanol–water partition coefficient (Wildman–Crippen LogP) is 2.50. The van der Waals surface area contributed by atoms with Crippen LogP contribution in [-0.2, 0) is 9.53 Å². The van der Waals surface area contributed by atoms with Gasteiger partial charge in [-0.3, -0.25) is 4.79 Å². The van der Waals surface area contributed by atoms with Gasteiger partial charge in [0.05, 0.1) is 26.9 Å². The van der Waals surface area contributed by atoms with Crippen molar-refractivity contribution < 1.29 is 28.5 Å². The van der Waals surface area contributed by atoms with Gasteiger partial charge in [0.1, 0.15) is 5.75 Å². The first-order valence-corrected chi connectivity index (χ1v) is 8.52. The van der Waals surface area contributed by atoms with Crippen molar-refractivity contribution in [3.05, 3.63) is 53.6 Å². The number of hydrogen-bond acceptors (Lipinski definition) is 6. The van der Waals surface area contributed by atoms with Gasteiger partial charge >= 0.3 is 5.97 Å². The number of carbonyl (C=O) groups is 2. The molecule has 2 aromatic carbocycles. The molecule has 0 bridgehead atoms. The van der Waals surface area contributed by atoms with E-state index in [0.717, 1.165) is 11.3 Å². The zero-order valence-electron chi connectivity index (χ0n) is 15.2. The average Bonchev–Trinajstić information content (AvgIpc) is 2.71. The summed E-state index contributed by atoms with van der Waals surface area (Å²) < 4.78 is 20.8. The molecule has 1 N–H and O–H groups in total. The maximum Gasteiger partial charge on any atom is 0.343 e. The van der Waals surface area contributed by atoms with E-state index in [-0.39, 0.29) is 18.6 Å². The molecule has 0 fully saturated rings. The van der Waals surface area contributed by atoms with Gasteiger partial charge in [-0.15, -0.1) is 0 Å². The van der Waals surface area contributed by atoms with Crippen LogP contribution in [0, 0.1) is 0 Å². The maximum atomic E-state index is 12.7. The highest BCUT2D eigenvalue weighted by atomic mass is 16.6. The fourth-order valence-corrected chi connectivity index (χ4v) is 2.86. The zero-order chi connectivity index (χ0) is 19.2. The van der Waals surface area contributed by atoms with Crippen LogP contribution in [0.2, 0.25) is 0 Å². The van der Waals surface area contributed by atoms with Crippen LogP contribution >= 0.6 is 0 Å². The van der Waals surface area contributed by atoms with Crippen LogP contribution in [0.15, 0.2) is 42.5 Å². The first-order valence-electron chi connectivity index (χ1n) is 8.52. The van der Waals surface area contributed by atoms with E-state index >= 15 is 0 Å². The first-order chi connectivity index (χ1) is 13.1. The van der Waals surface area contributed by atoms with Gasteiger partial charge in [-0.05, 0) is 24.3 Å². The van der Waals surface area contributed by atoms with E-state index in [4.69, 9.17) is 14.2 Å². The van der Waals surface area contributed by atoms with Gasteiger partial charge < -0.3 is 24.3 Å². The standard InChI is InChI=1S/C20H21NO6/c1-24-17-8-7-13(11-18(17)27-12-19(22)25-2)20(23)21-15-9-10-26-16-6-4-3-5-14(15)16/h3-8,11,15H,9-10,12H2,1-2H3,(H,21,23)/t15-/m0/s1. The van der Waals surface area contributed by atoms with E-state index < -0.39 is 5.97 Å². The van der Waals surface area contributed by atoms with Crippen LogP contribution in [0.5, 0.6) is 17.2 Å². The van der Waals surface area contributed by atoms with Gasteiger partial charge in [0.15, 0.2) is 18.1 Å². The van der Waals surface area contributed by atoms with E-state index in [1.807, 2.05) is 24.3 Å². The molecule has 7 nitrogen and oxygen atoms in total. The zero-order valence-corrected chi connectivity index (χ0v) is 15.2. The molecule has 142 valence electrons. The Labute approximate surface area is 157 Å². The Morgan fingerprint density at radius 1 is 1.15 bits per heavy atom. The summed E-state index contributed by atoms with van der Waals surface area (Å²) in [5, 5.41) is 3.03. The van der Waals surface area contributed by atoms with Gasteiger partial charge in [-0.25, -0.2) is 4.79 Å². The number of hydrogen-bond donors (Lipinski definition) is 1. The Morgan fingerprint density at radius 3 is 2.74 bits per heavy atom. The minimum Gasteiger partial charge on any atom is -0.493 e. The lowest BCUT2D eigenvalue weighted by atomic mass is 10.00. The molecule has 27 heavy (non-hydrogen) atoms. The number of carbonyl (C=O) groups excluding carboxylic acids is 2. The number of para-hydroxylation sites is 1. The molecule has 0 unspecified atom stereocenters. The van der Waals surface area contributed by atoms with Gasteiger partial charge in [0.25, 0.3) is 5.91 Å². The number of methoxy groups -OCH3 is 2. The molecule has 1 amide bonds. The summed E-state index contributed by atoms with van der Waals surface area (Å²) in [6.07, 6.45) is 0.685. The Hall–Kier alpha value is -3.22. The topological polar surface area (TPSA) is 83.1 Å². The lowest BCUT2D eigenvalue weighted by Gasteiger charge is -2.26. The minimum atomic E-state index is -0.522. The second-order valence-corrected chi connectivity index (χ2v) is 5.93. The van der Waals surface area contributed by atoms with E-state index in [1.54, 1.807) is 18.2 Å². The molecule has 0 aromatic heterocycles. The largest absolute Gasteiger partial charge is 0.493 e. The molecule has 1 heterocycles. The molecule has 0 spiro atoms. The van der Waals surface area contributed by atoms with Crippen molar-refractivity contribution in [3.63, 3.8) is 0 Å². The molecule has 1 atom stereocenters. The summed E-state index contributed by atoms with van der Waals surface area (Å²) in [6, 6.07) is 12.3. The normalized spacial score (nSPS) is 15.1. The SMILES string of the molecule is COC(=O)COc1cc(C(=O)N[C@H]2CCOc3ccccc32)ccc1OC. The second-order valence-electron chi connectivity index (χ2n) is 5.93. The third-order valence-corrected chi connectivity index (χ3v) is 4.26. The molecule has 2 aromatic rings. The van der Waals surface area contributed by atoms with Crippen molar-refractivity contribution in [2.24, 2.45) is 0 Å². The molecule has 1 aliphatic heterocycles. The van der Waals surface area contributed by atoms with Crippen LogP contribution in [0.4, 0.5) is 0 Å². The van der Waals surface area contributed by atoms with Crippen LogP contribution < -0.4 is 19.5 Å². The number of fused-ring (bicyclic) bond motifs is 1. The average molecular weight is 371 g/mol. The number of nitrogens with one attached hydrogen (secondary N) is 1. The van der Waals surface area contributed by atoms with Crippen LogP contribution in [0.25, 0.3) is 0 Å². The molecule has 0 saturated carbocycles. The number of esters is 1. The van der Waals surface area contributed by atoms with Crippen molar-refractivity contribution in [2.45, 2.75) is 12.5 Å². The molecule has 0 radical (unpaired) electrons. The number of rotatable bonds is 6. The van der Waals surface area contributed by atoms with Crippen molar-refractivity contribution in [2.75, 3.05) is 27.4 Å². The lowest BCUT2D eigenvalue weighted by molar-refractivity contribution is -0.142. The molecule has 1 aliphatic rings. The van der Waals surface area contributed by atoms with Gasteiger partial charge in [-0.2, -0.15) is 0 Å². The van der Waals surface area contributed by atoms with E-state index in [9.17, 15) is 9.59 Å². The second kappa shape index (κ2) is 8.44. The highest BCUT2D eigenvalue weighted by Crippen LogP contribution is 2.32. The van der Waals surface area contributed by atoms with Gasteiger partial charge in [0.2, 0.25) is 0 Å². The summed E-state index contributed by atoms with van der Waals surface area (Å²) in [5.74, 6) is 0.730. The van der Waals surface area contributed by atoms with Crippen LogP contribution in [0.3, 0.4) is 0 Å². The minimum absolute atomic E-state index is 0.135. The smallest absolute Gasteiger partial charge is 0.343 e. The van der Waals surface area contributed by atoms with Crippen molar-refractivity contribution in [3.8, 4) is 17.2 Å². The quantitative estimate of drug-likeness (QED) is 0.786. The first kappa shape index (κ1) is 18.6. The molecule has 0 aliphatic carbocycles. The van der Waals surface area contributed by atoms with E-state index in [2.05, 4.69) is 10.1 Å². The van der Waals surface area contributed by atoms with Gasteiger partial charge in [-0.1, -0.05) is 18.2 Å². The number of amides is 1. The van der Waals surface area contributed by atoms with Crippen molar-refractivity contribution in [1.82, 2.24) is 5.32 Å². The number of ether oxygens (including phenoxy) is 4.